The molecular weight excluding hydrogens is 590 g/mol. The van der Waals surface area contributed by atoms with Crippen molar-refractivity contribution in [3.63, 3.8) is 0 Å². The van der Waals surface area contributed by atoms with Crippen LogP contribution in [0.15, 0.2) is 40.5 Å². The fourth-order valence-corrected chi connectivity index (χ4v) is 8.08. The number of nitrogens with zero attached hydrogens (tertiary/aromatic N) is 3. The summed E-state index contributed by atoms with van der Waals surface area (Å²) in [7, 11) is 0. The van der Waals surface area contributed by atoms with Crippen molar-refractivity contribution in [3.05, 3.63) is 51.4 Å². The smallest absolute Gasteiger partial charge is 0.338 e. The fraction of sp³-hybridized carbons (Fsp3) is 0.613. The van der Waals surface area contributed by atoms with Crippen molar-refractivity contribution in [2.24, 2.45) is 21.9 Å². The number of azide groups is 1. The van der Waals surface area contributed by atoms with Gasteiger partial charge >= 0.3 is 17.9 Å². The van der Waals surface area contributed by atoms with Crippen LogP contribution in [0.4, 0.5) is 5.69 Å². The average Bonchev–Trinajstić information content (AvgIpc) is 2.95. The van der Waals surface area contributed by atoms with E-state index in [-0.39, 0.29) is 35.4 Å². The van der Waals surface area contributed by atoms with Crippen molar-refractivity contribution in [3.8, 4) is 0 Å². The fourth-order valence-electron chi connectivity index (χ4n) is 8.08. The monoisotopic (exact) mass is 627 g/mol. The van der Waals surface area contributed by atoms with E-state index in [1.807, 2.05) is 0 Å². The molecule has 0 aromatic heterocycles. The second-order valence-electron chi connectivity index (χ2n) is 13.1. The molecule has 9 atom stereocenters. The third kappa shape index (κ3) is 4.66. The zero-order chi connectivity index (χ0) is 33.3. The number of carbonyl (C=O) groups is 4. The van der Waals surface area contributed by atoms with Crippen LogP contribution in [0.25, 0.3) is 10.4 Å². The van der Waals surface area contributed by atoms with Gasteiger partial charge in [-0.15, -0.1) is 0 Å². The van der Waals surface area contributed by atoms with Crippen LogP contribution in [0.5, 0.6) is 0 Å². The lowest BCUT2D eigenvalue weighted by Gasteiger charge is -2.67. The van der Waals surface area contributed by atoms with Gasteiger partial charge in [0.25, 0.3) is 0 Å². The number of fused-ring (bicyclic) bond motifs is 5. The van der Waals surface area contributed by atoms with Gasteiger partial charge in [0.15, 0.2) is 17.5 Å². The Balaban J connectivity index is 1.82. The van der Waals surface area contributed by atoms with Gasteiger partial charge < -0.3 is 34.3 Å². The largest absolute Gasteiger partial charge is 0.455 e. The molecule has 1 unspecified atom stereocenters. The lowest BCUT2D eigenvalue weighted by Crippen LogP contribution is -2.81. The quantitative estimate of drug-likeness (QED) is 0.108. The molecule has 14 nitrogen and oxygen atoms in total. The van der Waals surface area contributed by atoms with Gasteiger partial charge in [-0.25, -0.2) is 4.79 Å². The Labute approximate surface area is 258 Å². The molecule has 3 N–H and O–H groups in total. The molecule has 1 aromatic rings. The molecule has 2 bridgehead atoms. The maximum absolute atomic E-state index is 14.9. The number of hydrogen-bond donors (Lipinski definition) is 3. The van der Waals surface area contributed by atoms with Crippen molar-refractivity contribution >= 4 is 29.4 Å². The number of aliphatic hydroxyl groups is 3. The zero-order valence-corrected chi connectivity index (χ0v) is 25.8. The Morgan fingerprint density at radius 2 is 1.80 bits per heavy atom. The van der Waals surface area contributed by atoms with Crippen molar-refractivity contribution in [2.45, 2.75) is 96.1 Å². The Morgan fingerprint density at radius 3 is 2.38 bits per heavy atom. The third-order valence-corrected chi connectivity index (χ3v) is 10.4. The Bertz CT molecular complexity index is 1550. The Kier molecular flexibility index (Phi) is 7.90. The standard InChI is InChI=1S/C31H37N3O11/c1-14-19(37)12-31(41)26(44-27(40)17-8-7-9-18(10-17)33-34-32)24-29(6,20(38)11-21-30(24,13-42-21)45-16(3)36)25(39)23(43-15(2)35)22(14)28(31,4)5/h7-10,19-21,23-24,26,37-38,41H,11-13H2,1-6H3/t19-,20-,21+,23+,24?,26-,29+,30-,31+/m0/s1. The lowest BCUT2D eigenvalue weighted by atomic mass is 9.44. The molecule has 3 fully saturated rings. The summed E-state index contributed by atoms with van der Waals surface area (Å²) >= 11 is 0. The first-order valence-electron chi connectivity index (χ1n) is 14.6. The summed E-state index contributed by atoms with van der Waals surface area (Å²) in [6.07, 6.45) is -7.71. The van der Waals surface area contributed by atoms with E-state index in [4.69, 9.17) is 24.5 Å². The topological polar surface area (TPSA) is 215 Å². The number of aliphatic hydroxyl groups excluding tert-OH is 2. The third-order valence-electron chi connectivity index (χ3n) is 10.4. The molecule has 2 saturated carbocycles. The molecule has 14 heteroatoms. The van der Waals surface area contributed by atoms with Crippen LogP contribution >= 0.6 is 0 Å². The molecule has 242 valence electrons. The summed E-state index contributed by atoms with van der Waals surface area (Å²) < 4.78 is 23.5. The summed E-state index contributed by atoms with van der Waals surface area (Å²) in [5, 5.41) is 39.5. The van der Waals surface area contributed by atoms with Crippen LogP contribution < -0.4 is 0 Å². The predicted molar refractivity (Wildman–Crippen MR) is 154 cm³/mol. The first-order chi connectivity index (χ1) is 21.0. The van der Waals surface area contributed by atoms with E-state index in [1.54, 1.807) is 20.8 Å². The van der Waals surface area contributed by atoms with Crippen LogP contribution in [0.2, 0.25) is 0 Å². The van der Waals surface area contributed by atoms with E-state index in [0.717, 1.165) is 13.8 Å². The highest BCUT2D eigenvalue weighted by Crippen LogP contribution is 2.64. The van der Waals surface area contributed by atoms with Crippen LogP contribution in [0.1, 0.15) is 64.7 Å². The van der Waals surface area contributed by atoms with E-state index in [1.165, 1.54) is 31.2 Å². The lowest BCUT2D eigenvalue weighted by molar-refractivity contribution is -0.345. The molecule has 0 amide bonds. The highest BCUT2D eigenvalue weighted by atomic mass is 16.6. The average molecular weight is 628 g/mol. The summed E-state index contributed by atoms with van der Waals surface area (Å²) in [5.74, 6) is -4.78. The number of ketones is 1. The number of benzene rings is 1. The van der Waals surface area contributed by atoms with Gasteiger partial charge in [-0.05, 0) is 42.7 Å². The number of Topliss-reactive ketones (excluding diaryl/α,β-unsaturated/α-hetero) is 1. The van der Waals surface area contributed by atoms with E-state index in [0.29, 0.717) is 0 Å². The summed E-state index contributed by atoms with van der Waals surface area (Å²) in [5.41, 5.74) is 2.00. The summed E-state index contributed by atoms with van der Waals surface area (Å²) in [4.78, 5) is 56.6. The number of hydrogen-bond acceptors (Lipinski definition) is 12. The van der Waals surface area contributed by atoms with Gasteiger partial charge in [0.2, 0.25) is 0 Å². The van der Waals surface area contributed by atoms with Gasteiger partial charge in [0.05, 0.1) is 35.7 Å². The Hall–Kier alpha value is -3.81. The molecule has 1 heterocycles. The van der Waals surface area contributed by atoms with Crippen LogP contribution in [-0.4, -0.2) is 87.3 Å². The minimum atomic E-state index is -2.20. The van der Waals surface area contributed by atoms with Gasteiger partial charge in [0.1, 0.15) is 17.8 Å². The number of esters is 3. The minimum absolute atomic E-state index is 0.0585. The number of carbonyl (C=O) groups excluding carboxylic acids is 4. The molecule has 1 aromatic carbocycles. The van der Waals surface area contributed by atoms with Gasteiger partial charge in [-0.1, -0.05) is 31.1 Å². The molecule has 0 radical (unpaired) electrons. The van der Waals surface area contributed by atoms with Crippen molar-refractivity contribution in [1.29, 1.82) is 0 Å². The Morgan fingerprint density at radius 1 is 1.11 bits per heavy atom. The van der Waals surface area contributed by atoms with Crippen molar-refractivity contribution in [1.82, 2.24) is 0 Å². The van der Waals surface area contributed by atoms with Gasteiger partial charge in [-0.3, -0.25) is 14.4 Å². The van der Waals surface area contributed by atoms with Crippen LogP contribution in [0.3, 0.4) is 0 Å². The second-order valence-corrected chi connectivity index (χ2v) is 13.1. The van der Waals surface area contributed by atoms with Crippen molar-refractivity contribution in [2.75, 3.05) is 6.61 Å². The SMILES string of the molecule is CC(=O)O[C@H]1C(=O)[C@@]2(C)C([C@H](OC(=O)c3cccc(N=[N+]=[N-])c3)[C@]3(O)C[C@H](O)C(C)=C1C3(C)C)[C@]1(OC(C)=O)CO[C@@H]1C[C@@H]2O. The number of ether oxygens (including phenoxy) is 4. The molecule has 3 aliphatic carbocycles. The predicted octanol–water partition coefficient (Wildman–Crippen LogP) is 2.59. The van der Waals surface area contributed by atoms with E-state index >= 15 is 0 Å². The zero-order valence-electron chi connectivity index (χ0n) is 25.8. The maximum Gasteiger partial charge on any atom is 0.338 e. The highest BCUT2D eigenvalue weighted by Gasteiger charge is 2.78. The van der Waals surface area contributed by atoms with Gasteiger partial charge in [-0.2, -0.15) is 0 Å². The molecule has 1 aliphatic heterocycles. The van der Waals surface area contributed by atoms with Crippen LogP contribution in [0, 0.1) is 16.7 Å². The van der Waals surface area contributed by atoms with E-state index in [9.17, 15) is 34.5 Å². The van der Waals surface area contributed by atoms with Gasteiger partial charge in [0, 0.05) is 42.7 Å². The molecular formula is C31H37N3O11. The molecule has 1 saturated heterocycles. The summed E-state index contributed by atoms with van der Waals surface area (Å²) in [6, 6.07) is 5.60. The number of rotatable bonds is 5. The maximum atomic E-state index is 14.9. The van der Waals surface area contributed by atoms with E-state index < -0.39 is 88.6 Å². The minimum Gasteiger partial charge on any atom is -0.455 e. The van der Waals surface area contributed by atoms with Crippen LogP contribution in [-0.2, 0) is 33.3 Å². The summed E-state index contributed by atoms with van der Waals surface area (Å²) in [6.45, 7) is 8.16. The highest BCUT2D eigenvalue weighted by molar-refractivity contribution is 5.95. The molecule has 4 aliphatic rings. The first-order valence-corrected chi connectivity index (χ1v) is 14.6. The first kappa shape index (κ1) is 32.6. The second kappa shape index (κ2) is 10.9. The van der Waals surface area contributed by atoms with Crippen molar-refractivity contribution < 1.29 is 53.4 Å². The normalized spacial score (nSPS) is 38.2. The molecule has 5 rings (SSSR count). The molecule has 0 spiro atoms. The molecule has 45 heavy (non-hydrogen) atoms. The van der Waals surface area contributed by atoms with E-state index in [2.05, 4.69) is 10.0 Å².